The van der Waals surface area contributed by atoms with Gasteiger partial charge in [-0.3, -0.25) is 10.1 Å². The summed E-state index contributed by atoms with van der Waals surface area (Å²) in [6.45, 7) is 7.34. The zero-order valence-corrected chi connectivity index (χ0v) is 12.7. The third-order valence-electron chi connectivity index (χ3n) is 2.60. The van der Waals surface area contributed by atoms with Crippen molar-refractivity contribution in [3.8, 4) is 0 Å². The van der Waals surface area contributed by atoms with Crippen LogP contribution < -0.4 is 5.32 Å². The fourth-order valence-corrected chi connectivity index (χ4v) is 1.66. The molecule has 0 atom stereocenters. The van der Waals surface area contributed by atoms with Crippen LogP contribution in [0.1, 0.15) is 31.9 Å². The molecule has 1 rings (SSSR count). The summed E-state index contributed by atoms with van der Waals surface area (Å²) in [6.07, 6.45) is 2.96. The highest BCUT2D eigenvalue weighted by Crippen LogP contribution is 2.21. The second kappa shape index (κ2) is 6.88. The predicted molar refractivity (Wildman–Crippen MR) is 81.1 cm³/mol. The van der Waals surface area contributed by atoms with Crippen LogP contribution in [0.15, 0.2) is 24.3 Å². The molecule has 1 N–H and O–H groups in total. The van der Waals surface area contributed by atoms with Crippen LogP contribution in [-0.2, 0) is 4.74 Å². The molecule has 0 fully saturated rings. The molecule has 0 spiro atoms. The maximum atomic E-state index is 11.4. The summed E-state index contributed by atoms with van der Waals surface area (Å²) in [5.74, 6) is 0. The van der Waals surface area contributed by atoms with Gasteiger partial charge < -0.3 is 10.1 Å². The van der Waals surface area contributed by atoms with E-state index in [1.165, 1.54) is 6.07 Å². The lowest BCUT2D eigenvalue weighted by atomic mass is 10.1. The molecule has 0 aliphatic carbocycles. The molecule has 0 saturated carbocycles. The van der Waals surface area contributed by atoms with Gasteiger partial charge in [-0.1, -0.05) is 24.3 Å². The average Bonchev–Trinajstić information content (AvgIpc) is 2.33. The summed E-state index contributed by atoms with van der Waals surface area (Å²) < 4.78 is 5.09. The van der Waals surface area contributed by atoms with Crippen molar-refractivity contribution in [3.05, 3.63) is 45.5 Å². The van der Waals surface area contributed by atoms with E-state index in [0.717, 1.165) is 5.56 Å². The van der Waals surface area contributed by atoms with Gasteiger partial charge in [0.15, 0.2) is 0 Å². The van der Waals surface area contributed by atoms with Crippen LogP contribution in [0.3, 0.4) is 0 Å². The van der Waals surface area contributed by atoms with Gasteiger partial charge in [0.25, 0.3) is 5.69 Å². The van der Waals surface area contributed by atoms with Crippen LogP contribution in [0.5, 0.6) is 0 Å². The number of amides is 1. The fraction of sp³-hybridized carbons (Fsp3) is 0.400. The molecule has 0 aromatic heterocycles. The number of benzene rings is 1. The lowest BCUT2D eigenvalue weighted by Crippen LogP contribution is -2.32. The van der Waals surface area contributed by atoms with Crippen LogP contribution in [0, 0.1) is 17.0 Å². The average molecular weight is 292 g/mol. The zero-order chi connectivity index (χ0) is 16.0. The number of nitro groups is 1. The van der Waals surface area contributed by atoms with Gasteiger partial charge in [-0.05, 0) is 33.3 Å². The monoisotopic (exact) mass is 292 g/mol. The minimum atomic E-state index is -0.537. The first kappa shape index (κ1) is 16.7. The minimum Gasteiger partial charge on any atom is -0.444 e. The van der Waals surface area contributed by atoms with Gasteiger partial charge in [0.2, 0.25) is 0 Å². The number of nitro benzene ring substituents is 1. The van der Waals surface area contributed by atoms with Crippen molar-refractivity contribution in [1.82, 2.24) is 5.32 Å². The molecule has 0 aliphatic rings. The van der Waals surface area contributed by atoms with Crippen LogP contribution in [0.25, 0.3) is 6.08 Å². The summed E-state index contributed by atoms with van der Waals surface area (Å²) in [5.41, 5.74) is 0.883. The number of ether oxygens (including phenoxy) is 1. The molecule has 114 valence electrons. The highest BCUT2D eigenvalue weighted by Gasteiger charge is 2.15. The summed E-state index contributed by atoms with van der Waals surface area (Å²) in [5, 5.41) is 13.4. The quantitative estimate of drug-likeness (QED) is 0.680. The van der Waals surface area contributed by atoms with E-state index in [9.17, 15) is 14.9 Å². The van der Waals surface area contributed by atoms with E-state index in [-0.39, 0.29) is 12.2 Å². The van der Waals surface area contributed by atoms with Gasteiger partial charge >= 0.3 is 6.09 Å². The van der Waals surface area contributed by atoms with E-state index in [2.05, 4.69) is 5.32 Å². The Labute approximate surface area is 124 Å². The van der Waals surface area contributed by atoms with Crippen molar-refractivity contribution in [3.63, 3.8) is 0 Å². The Morgan fingerprint density at radius 1 is 1.43 bits per heavy atom. The SMILES string of the molecule is Cc1c(C=CCNC(=O)OC(C)(C)C)cccc1[N+](=O)[O-]. The topological polar surface area (TPSA) is 81.5 Å². The number of carbonyl (C=O) groups excluding carboxylic acids is 1. The molecule has 0 aliphatic heterocycles. The summed E-state index contributed by atoms with van der Waals surface area (Å²) in [7, 11) is 0. The molecule has 0 unspecified atom stereocenters. The van der Waals surface area contributed by atoms with E-state index < -0.39 is 16.6 Å². The van der Waals surface area contributed by atoms with E-state index in [1.807, 2.05) is 0 Å². The van der Waals surface area contributed by atoms with Gasteiger partial charge in [-0.2, -0.15) is 0 Å². The Morgan fingerprint density at radius 2 is 2.10 bits per heavy atom. The summed E-state index contributed by atoms with van der Waals surface area (Å²) in [6, 6.07) is 4.88. The Kier molecular flexibility index (Phi) is 5.46. The second-order valence-corrected chi connectivity index (χ2v) is 5.53. The third-order valence-corrected chi connectivity index (χ3v) is 2.60. The molecule has 21 heavy (non-hydrogen) atoms. The predicted octanol–water partition coefficient (Wildman–Crippen LogP) is 3.44. The van der Waals surface area contributed by atoms with E-state index >= 15 is 0 Å². The van der Waals surface area contributed by atoms with Crippen molar-refractivity contribution in [2.24, 2.45) is 0 Å². The number of hydrogen-bond donors (Lipinski definition) is 1. The smallest absolute Gasteiger partial charge is 0.407 e. The molecule has 6 nitrogen and oxygen atoms in total. The van der Waals surface area contributed by atoms with Gasteiger partial charge in [-0.15, -0.1) is 0 Å². The van der Waals surface area contributed by atoms with Gasteiger partial charge in [0.05, 0.1) is 4.92 Å². The van der Waals surface area contributed by atoms with Crippen LogP contribution >= 0.6 is 0 Å². The lowest BCUT2D eigenvalue weighted by Gasteiger charge is -2.19. The maximum absolute atomic E-state index is 11.4. The first-order valence-corrected chi connectivity index (χ1v) is 6.58. The number of alkyl carbamates (subject to hydrolysis) is 1. The third kappa shape index (κ3) is 5.64. The summed E-state index contributed by atoms with van der Waals surface area (Å²) in [4.78, 5) is 21.8. The largest absolute Gasteiger partial charge is 0.444 e. The lowest BCUT2D eigenvalue weighted by molar-refractivity contribution is -0.385. The molecular weight excluding hydrogens is 272 g/mol. The molecule has 0 saturated heterocycles. The van der Waals surface area contributed by atoms with Crippen molar-refractivity contribution < 1.29 is 14.5 Å². The van der Waals surface area contributed by atoms with E-state index in [1.54, 1.807) is 52.0 Å². The molecule has 0 radical (unpaired) electrons. The normalized spacial score (nSPS) is 11.4. The molecule has 0 bridgehead atoms. The number of nitrogens with zero attached hydrogens (tertiary/aromatic N) is 1. The number of carbonyl (C=O) groups is 1. The van der Waals surface area contributed by atoms with Crippen molar-refractivity contribution in [2.45, 2.75) is 33.3 Å². The van der Waals surface area contributed by atoms with Crippen LogP contribution in [0.4, 0.5) is 10.5 Å². The number of nitrogens with one attached hydrogen (secondary N) is 1. The molecule has 1 aromatic rings. The molecule has 0 heterocycles. The highest BCUT2D eigenvalue weighted by atomic mass is 16.6. The zero-order valence-electron chi connectivity index (χ0n) is 12.7. The molecule has 1 aromatic carbocycles. The maximum Gasteiger partial charge on any atom is 0.407 e. The van der Waals surface area contributed by atoms with Crippen molar-refractivity contribution >= 4 is 17.9 Å². The molecular formula is C15H20N2O4. The van der Waals surface area contributed by atoms with E-state index in [4.69, 9.17) is 4.74 Å². The standard InChI is InChI=1S/C15H20N2O4/c1-11-12(7-5-9-13(11)17(19)20)8-6-10-16-14(18)21-15(2,3)4/h5-9H,10H2,1-4H3,(H,16,18). The Hall–Kier alpha value is -2.37. The second-order valence-electron chi connectivity index (χ2n) is 5.53. The van der Waals surface area contributed by atoms with Gasteiger partial charge in [0.1, 0.15) is 5.60 Å². The van der Waals surface area contributed by atoms with E-state index in [0.29, 0.717) is 5.56 Å². The fourth-order valence-electron chi connectivity index (χ4n) is 1.66. The van der Waals surface area contributed by atoms with Gasteiger partial charge in [-0.25, -0.2) is 4.79 Å². The molecule has 6 heteroatoms. The first-order chi connectivity index (χ1) is 9.70. The number of rotatable bonds is 4. The number of hydrogen-bond acceptors (Lipinski definition) is 4. The van der Waals surface area contributed by atoms with Gasteiger partial charge in [0, 0.05) is 18.2 Å². The van der Waals surface area contributed by atoms with Crippen molar-refractivity contribution in [2.75, 3.05) is 6.54 Å². The van der Waals surface area contributed by atoms with Crippen LogP contribution in [0.2, 0.25) is 0 Å². The molecule has 1 amide bonds. The highest BCUT2D eigenvalue weighted by molar-refractivity contribution is 5.68. The minimum absolute atomic E-state index is 0.0808. The Balaban J connectivity index is 2.61. The van der Waals surface area contributed by atoms with Crippen LogP contribution in [-0.4, -0.2) is 23.2 Å². The van der Waals surface area contributed by atoms with Crippen molar-refractivity contribution in [1.29, 1.82) is 0 Å². The first-order valence-electron chi connectivity index (χ1n) is 6.58. The Bertz CT molecular complexity index is 559. The Morgan fingerprint density at radius 3 is 2.67 bits per heavy atom. The summed E-state index contributed by atoms with van der Waals surface area (Å²) >= 11 is 0.